The first-order valence-electron chi connectivity index (χ1n) is 10.1. The van der Waals surface area contributed by atoms with Gasteiger partial charge in [0.15, 0.2) is 11.5 Å². The summed E-state index contributed by atoms with van der Waals surface area (Å²) in [6, 6.07) is 12.0. The van der Waals surface area contributed by atoms with Gasteiger partial charge in [-0.25, -0.2) is 0 Å². The lowest BCUT2D eigenvalue weighted by Crippen LogP contribution is -2.31. The van der Waals surface area contributed by atoms with Gasteiger partial charge in [-0.2, -0.15) is 0 Å². The van der Waals surface area contributed by atoms with Crippen LogP contribution in [0.3, 0.4) is 0 Å². The van der Waals surface area contributed by atoms with Crippen molar-refractivity contribution in [2.75, 3.05) is 25.1 Å². The maximum atomic E-state index is 12.8. The standard InChI is InChI=1S/C23H24N2O5S2/c1-3-29-17-8-6-16(7-9-17)24-21(27)11-12-25-22(28)20(32-23(25)31)14-15-5-10-18(26)19(13-15)30-4-2/h5-10,13-14,26H,3-4,11-12H2,1-2H3,(H,24,27)/b20-14-. The van der Waals surface area contributed by atoms with Gasteiger partial charge < -0.3 is 19.9 Å². The molecule has 0 aliphatic carbocycles. The molecule has 1 heterocycles. The Morgan fingerprint density at radius 1 is 1.16 bits per heavy atom. The average Bonchev–Trinajstić information content (AvgIpc) is 3.03. The number of nitrogens with one attached hydrogen (secondary N) is 1. The van der Waals surface area contributed by atoms with E-state index >= 15 is 0 Å². The van der Waals surface area contributed by atoms with Crippen molar-refractivity contribution in [1.29, 1.82) is 0 Å². The summed E-state index contributed by atoms with van der Waals surface area (Å²) < 4.78 is 11.2. The van der Waals surface area contributed by atoms with Crippen molar-refractivity contribution in [3.8, 4) is 17.2 Å². The Balaban J connectivity index is 1.59. The number of benzene rings is 2. The van der Waals surface area contributed by atoms with Crippen LogP contribution in [0.15, 0.2) is 47.4 Å². The molecule has 2 aromatic rings. The molecular weight excluding hydrogens is 448 g/mol. The SMILES string of the molecule is CCOc1ccc(NC(=O)CCN2C(=O)/C(=C/c3ccc(O)c(OCC)c3)SC2=S)cc1. The summed E-state index contributed by atoms with van der Waals surface area (Å²) in [6.07, 6.45) is 1.81. The minimum Gasteiger partial charge on any atom is -0.504 e. The second-order valence-corrected chi connectivity index (χ2v) is 8.42. The van der Waals surface area contributed by atoms with Gasteiger partial charge in [-0.3, -0.25) is 14.5 Å². The molecule has 0 aromatic heterocycles. The topological polar surface area (TPSA) is 88.1 Å². The Morgan fingerprint density at radius 3 is 2.56 bits per heavy atom. The van der Waals surface area contributed by atoms with Gasteiger partial charge in [0.25, 0.3) is 5.91 Å². The first-order valence-corrected chi connectivity index (χ1v) is 11.4. The molecule has 0 saturated carbocycles. The van der Waals surface area contributed by atoms with E-state index in [2.05, 4.69) is 5.32 Å². The fourth-order valence-corrected chi connectivity index (χ4v) is 4.28. The molecule has 1 fully saturated rings. The molecule has 0 atom stereocenters. The maximum Gasteiger partial charge on any atom is 0.266 e. The van der Waals surface area contributed by atoms with E-state index in [1.54, 1.807) is 42.5 Å². The van der Waals surface area contributed by atoms with Crippen molar-refractivity contribution in [2.45, 2.75) is 20.3 Å². The summed E-state index contributed by atoms with van der Waals surface area (Å²) in [7, 11) is 0. The second kappa shape index (κ2) is 11.0. The highest BCUT2D eigenvalue weighted by molar-refractivity contribution is 8.26. The molecule has 1 aliphatic heterocycles. The van der Waals surface area contributed by atoms with Gasteiger partial charge in [-0.1, -0.05) is 30.0 Å². The Morgan fingerprint density at radius 2 is 1.88 bits per heavy atom. The quantitative estimate of drug-likeness (QED) is 0.413. The van der Waals surface area contributed by atoms with Crippen LogP contribution < -0.4 is 14.8 Å². The van der Waals surface area contributed by atoms with Crippen molar-refractivity contribution in [1.82, 2.24) is 4.90 Å². The minimum absolute atomic E-state index is 0.0371. The van der Waals surface area contributed by atoms with Crippen molar-refractivity contribution in [3.63, 3.8) is 0 Å². The summed E-state index contributed by atoms with van der Waals surface area (Å²) in [5.74, 6) is 0.654. The van der Waals surface area contributed by atoms with Crippen molar-refractivity contribution in [3.05, 3.63) is 52.9 Å². The lowest BCUT2D eigenvalue weighted by atomic mass is 10.2. The van der Waals surface area contributed by atoms with Gasteiger partial charge in [-0.15, -0.1) is 0 Å². The van der Waals surface area contributed by atoms with Crippen LogP contribution in [0, 0.1) is 0 Å². The zero-order valence-electron chi connectivity index (χ0n) is 17.8. The van der Waals surface area contributed by atoms with Crippen LogP contribution in [0.5, 0.6) is 17.2 Å². The first kappa shape index (κ1) is 23.6. The van der Waals surface area contributed by atoms with E-state index < -0.39 is 0 Å². The monoisotopic (exact) mass is 472 g/mol. The van der Waals surface area contributed by atoms with E-state index in [4.69, 9.17) is 21.7 Å². The van der Waals surface area contributed by atoms with Gasteiger partial charge in [0.05, 0.1) is 18.1 Å². The van der Waals surface area contributed by atoms with Crippen molar-refractivity contribution < 1.29 is 24.2 Å². The Labute approximate surface area is 196 Å². The largest absolute Gasteiger partial charge is 0.504 e. The number of hydrogen-bond donors (Lipinski definition) is 2. The molecule has 168 valence electrons. The molecule has 3 rings (SSSR count). The summed E-state index contributed by atoms with van der Waals surface area (Å²) in [4.78, 5) is 27.0. The van der Waals surface area contributed by atoms with Crippen LogP contribution >= 0.6 is 24.0 Å². The maximum absolute atomic E-state index is 12.8. The average molecular weight is 473 g/mol. The summed E-state index contributed by atoms with van der Waals surface area (Å²) in [6.45, 7) is 4.90. The number of aromatic hydroxyl groups is 1. The molecule has 0 bridgehead atoms. The van der Waals surface area contributed by atoms with Gasteiger partial charge in [0.1, 0.15) is 10.1 Å². The van der Waals surface area contributed by atoms with E-state index in [-0.39, 0.29) is 30.5 Å². The second-order valence-electron chi connectivity index (χ2n) is 6.75. The van der Waals surface area contributed by atoms with Crippen LogP contribution in [-0.4, -0.2) is 45.9 Å². The smallest absolute Gasteiger partial charge is 0.266 e. The Bertz CT molecular complexity index is 1040. The number of ether oxygens (including phenoxy) is 2. The van der Waals surface area contributed by atoms with Crippen molar-refractivity contribution in [2.24, 2.45) is 0 Å². The van der Waals surface area contributed by atoms with Crippen molar-refractivity contribution >= 4 is 51.9 Å². The minimum atomic E-state index is -0.250. The van der Waals surface area contributed by atoms with E-state index in [1.165, 1.54) is 22.7 Å². The summed E-state index contributed by atoms with van der Waals surface area (Å²) >= 11 is 6.52. The Hall–Kier alpha value is -3.04. The normalized spacial score (nSPS) is 14.7. The predicted octanol–water partition coefficient (Wildman–Crippen LogP) is 4.42. The molecule has 0 spiro atoms. The van der Waals surface area contributed by atoms with Crippen LogP contribution in [-0.2, 0) is 9.59 Å². The highest BCUT2D eigenvalue weighted by Crippen LogP contribution is 2.34. The fourth-order valence-electron chi connectivity index (χ4n) is 2.97. The van der Waals surface area contributed by atoms with Gasteiger partial charge in [0, 0.05) is 18.7 Å². The van der Waals surface area contributed by atoms with Gasteiger partial charge >= 0.3 is 0 Å². The third-order valence-corrected chi connectivity index (χ3v) is 5.84. The number of anilines is 1. The fraction of sp³-hybridized carbons (Fsp3) is 0.261. The lowest BCUT2D eigenvalue weighted by Gasteiger charge is -2.14. The number of phenolic OH excluding ortho intramolecular Hbond substituents is 1. The van der Waals surface area contributed by atoms with Crippen LogP contribution in [0.4, 0.5) is 5.69 Å². The van der Waals surface area contributed by atoms with E-state index in [9.17, 15) is 14.7 Å². The van der Waals surface area contributed by atoms with Crippen LogP contribution in [0.1, 0.15) is 25.8 Å². The molecular formula is C23H24N2O5S2. The molecule has 1 saturated heterocycles. The lowest BCUT2D eigenvalue weighted by molar-refractivity contribution is -0.122. The molecule has 9 heteroatoms. The highest BCUT2D eigenvalue weighted by Gasteiger charge is 2.32. The molecule has 7 nitrogen and oxygen atoms in total. The third kappa shape index (κ3) is 6.02. The van der Waals surface area contributed by atoms with E-state index in [1.807, 2.05) is 13.8 Å². The molecule has 1 aliphatic rings. The molecule has 2 amide bonds. The molecule has 2 N–H and O–H groups in total. The zero-order chi connectivity index (χ0) is 23.1. The number of thiocarbonyl (C=S) groups is 1. The number of hydrogen-bond acceptors (Lipinski definition) is 7. The van der Waals surface area contributed by atoms with E-state index in [0.29, 0.717) is 39.4 Å². The summed E-state index contributed by atoms with van der Waals surface area (Å²) in [5, 5.41) is 12.6. The number of amides is 2. The van der Waals surface area contributed by atoms with Crippen LogP contribution in [0.2, 0.25) is 0 Å². The first-order chi connectivity index (χ1) is 15.4. The zero-order valence-corrected chi connectivity index (χ0v) is 19.4. The van der Waals surface area contributed by atoms with E-state index in [0.717, 1.165) is 5.75 Å². The predicted molar refractivity (Wildman–Crippen MR) is 130 cm³/mol. The van der Waals surface area contributed by atoms with Gasteiger partial charge in [0.2, 0.25) is 5.91 Å². The number of thioether (sulfide) groups is 1. The number of nitrogens with zero attached hydrogens (tertiary/aromatic N) is 1. The number of rotatable bonds is 9. The number of carbonyl (C=O) groups is 2. The molecule has 0 unspecified atom stereocenters. The molecule has 2 aromatic carbocycles. The number of carbonyl (C=O) groups excluding carboxylic acids is 2. The highest BCUT2D eigenvalue weighted by atomic mass is 32.2. The summed E-state index contributed by atoms with van der Waals surface area (Å²) in [5.41, 5.74) is 1.36. The Kier molecular flexibility index (Phi) is 8.13. The van der Waals surface area contributed by atoms with Crippen LogP contribution in [0.25, 0.3) is 6.08 Å². The molecule has 0 radical (unpaired) electrons. The number of phenols is 1. The van der Waals surface area contributed by atoms with Gasteiger partial charge in [-0.05, 0) is 61.9 Å². The molecule has 32 heavy (non-hydrogen) atoms. The third-order valence-electron chi connectivity index (χ3n) is 4.47.